The van der Waals surface area contributed by atoms with Crippen molar-refractivity contribution in [1.29, 1.82) is 0 Å². The zero-order valence-corrected chi connectivity index (χ0v) is 12.0. The molecule has 2 heterocycles. The fourth-order valence-corrected chi connectivity index (χ4v) is 2.36. The maximum absolute atomic E-state index is 11.7. The molecule has 0 aromatic carbocycles. The molecule has 2 aromatic heterocycles. The van der Waals surface area contributed by atoms with Crippen LogP contribution >= 0.6 is 11.3 Å². The van der Waals surface area contributed by atoms with Crippen LogP contribution in [0.3, 0.4) is 0 Å². The van der Waals surface area contributed by atoms with Crippen molar-refractivity contribution in [2.24, 2.45) is 7.05 Å². The number of hydrogen-bond donors (Lipinski definition) is 2. The number of aryl methyl sites for hydroxylation is 3. The SMILES string of the molecule is Cc1cc(NC(=O)NCCc2csc(C)n2)n(C)n1. The van der Waals surface area contributed by atoms with Gasteiger partial charge in [-0.15, -0.1) is 11.3 Å². The second-order valence-corrected chi connectivity index (χ2v) is 5.35. The first kappa shape index (κ1) is 13.5. The van der Waals surface area contributed by atoms with Gasteiger partial charge in [0, 0.05) is 31.5 Å². The predicted octanol–water partition coefficient (Wildman–Crippen LogP) is 1.86. The Balaban J connectivity index is 1.77. The van der Waals surface area contributed by atoms with Gasteiger partial charge in [0.05, 0.1) is 16.4 Å². The van der Waals surface area contributed by atoms with E-state index in [4.69, 9.17) is 0 Å². The number of nitrogens with zero attached hydrogens (tertiary/aromatic N) is 3. The Hall–Kier alpha value is -1.89. The summed E-state index contributed by atoms with van der Waals surface area (Å²) in [4.78, 5) is 16.0. The molecule has 6 nitrogen and oxygen atoms in total. The summed E-state index contributed by atoms with van der Waals surface area (Å²) in [5.41, 5.74) is 1.88. The van der Waals surface area contributed by atoms with Gasteiger partial charge in [0.2, 0.25) is 0 Å². The third-order valence-corrected chi connectivity index (χ3v) is 3.40. The molecule has 102 valence electrons. The minimum Gasteiger partial charge on any atom is -0.337 e. The summed E-state index contributed by atoms with van der Waals surface area (Å²) in [5.74, 6) is 0.680. The Morgan fingerprint density at radius 1 is 1.47 bits per heavy atom. The smallest absolute Gasteiger partial charge is 0.320 e. The zero-order chi connectivity index (χ0) is 13.8. The van der Waals surface area contributed by atoms with Gasteiger partial charge in [-0.05, 0) is 13.8 Å². The molecule has 0 saturated carbocycles. The number of nitrogens with one attached hydrogen (secondary N) is 2. The molecule has 7 heteroatoms. The minimum atomic E-state index is -0.227. The monoisotopic (exact) mass is 279 g/mol. The van der Waals surface area contributed by atoms with Crippen LogP contribution in [-0.2, 0) is 13.5 Å². The van der Waals surface area contributed by atoms with Gasteiger partial charge in [-0.25, -0.2) is 9.78 Å². The Morgan fingerprint density at radius 3 is 2.84 bits per heavy atom. The van der Waals surface area contributed by atoms with Gasteiger partial charge in [-0.3, -0.25) is 10.00 Å². The van der Waals surface area contributed by atoms with Crippen molar-refractivity contribution < 1.29 is 4.79 Å². The average molecular weight is 279 g/mol. The largest absolute Gasteiger partial charge is 0.337 e. The summed E-state index contributed by atoms with van der Waals surface area (Å²) < 4.78 is 1.64. The van der Waals surface area contributed by atoms with Crippen molar-refractivity contribution in [2.75, 3.05) is 11.9 Å². The molecule has 0 fully saturated rings. The van der Waals surface area contributed by atoms with E-state index in [1.807, 2.05) is 25.3 Å². The van der Waals surface area contributed by atoms with Crippen molar-refractivity contribution in [2.45, 2.75) is 20.3 Å². The Bertz CT molecular complexity index is 574. The molecule has 0 unspecified atom stereocenters. The van der Waals surface area contributed by atoms with E-state index in [0.717, 1.165) is 22.8 Å². The highest BCUT2D eigenvalue weighted by Crippen LogP contribution is 2.08. The van der Waals surface area contributed by atoms with Crippen LogP contribution in [0.15, 0.2) is 11.4 Å². The number of anilines is 1. The molecule has 0 atom stereocenters. The summed E-state index contributed by atoms with van der Waals surface area (Å²) in [6.45, 7) is 4.42. The molecular weight excluding hydrogens is 262 g/mol. The van der Waals surface area contributed by atoms with Crippen LogP contribution in [0, 0.1) is 13.8 Å². The molecule has 0 aliphatic heterocycles. The quantitative estimate of drug-likeness (QED) is 0.897. The van der Waals surface area contributed by atoms with Gasteiger partial charge in [0.1, 0.15) is 5.82 Å². The number of carbonyl (C=O) groups excluding carboxylic acids is 1. The van der Waals surface area contributed by atoms with E-state index in [-0.39, 0.29) is 6.03 Å². The fraction of sp³-hybridized carbons (Fsp3) is 0.417. The molecule has 0 spiro atoms. The lowest BCUT2D eigenvalue weighted by molar-refractivity contribution is 0.252. The average Bonchev–Trinajstić information content (AvgIpc) is 2.86. The third-order valence-electron chi connectivity index (χ3n) is 2.58. The standard InChI is InChI=1S/C12H17N5OS/c1-8-6-11(17(3)16-8)15-12(18)13-5-4-10-7-19-9(2)14-10/h6-7H,4-5H2,1-3H3,(H2,13,15,18). The minimum absolute atomic E-state index is 0.227. The van der Waals surface area contributed by atoms with Crippen molar-refractivity contribution in [3.05, 3.63) is 27.8 Å². The van der Waals surface area contributed by atoms with E-state index in [2.05, 4.69) is 20.7 Å². The summed E-state index contributed by atoms with van der Waals surface area (Å²) in [6.07, 6.45) is 0.738. The van der Waals surface area contributed by atoms with Gasteiger partial charge in [-0.1, -0.05) is 0 Å². The first-order valence-corrected chi connectivity index (χ1v) is 6.89. The fourth-order valence-electron chi connectivity index (χ4n) is 1.72. The molecule has 0 aliphatic rings. The Kier molecular flexibility index (Phi) is 4.16. The van der Waals surface area contributed by atoms with Crippen molar-refractivity contribution in [3.63, 3.8) is 0 Å². The Labute approximate surface area is 115 Å². The van der Waals surface area contributed by atoms with E-state index in [0.29, 0.717) is 12.4 Å². The molecule has 0 radical (unpaired) electrons. The number of thiazole rings is 1. The number of carbonyl (C=O) groups is 1. The molecule has 2 aromatic rings. The molecule has 2 amide bonds. The highest BCUT2D eigenvalue weighted by atomic mass is 32.1. The van der Waals surface area contributed by atoms with E-state index in [1.165, 1.54) is 0 Å². The molecule has 0 bridgehead atoms. The molecule has 19 heavy (non-hydrogen) atoms. The number of rotatable bonds is 4. The van der Waals surface area contributed by atoms with Gasteiger partial charge in [-0.2, -0.15) is 5.10 Å². The highest BCUT2D eigenvalue weighted by molar-refractivity contribution is 7.09. The second-order valence-electron chi connectivity index (χ2n) is 4.28. The molecule has 2 N–H and O–H groups in total. The normalized spacial score (nSPS) is 10.5. The number of urea groups is 1. The van der Waals surface area contributed by atoms with E-state index < -0.39 is 0 Å². The van der Waals surface area contributed by atoms with E-state index in [1.54, 1.807) is 23.1 Å². The number of amides is 2. The van der Waals surface area contributed by atoms with Crippen LogP contribution in [0.2, 0.25) is 0 Å². The van der Waals surface area contributed by atoms with Crippen LogP contribution in [0.1, 0.15) is 16.4 Å². The van der Waals surface area contributed by atoms with Crippen LogP contribution in [-0.4, -0.2) is 27.3 Å². The maximum atomic E-state index is 11.7. The lowest BCUT2D eigenvalue weighted by Gasteiger charge is -2.06. The molecule has 0 saturated heterocycles. The summed E-state index contributed by atoms with van der Waals surface area (Å²) >= 11 is 1.62. The lowest BCUT2D eigenvalue weighted by atomic mass is 10.3. The van der Waals surface area contributed by atoms with Gasteiger partial charge < -0.3 is 5.32 Å². The topological polar surface area (TPSA) is 71.8 Å². The number of hydrogen-bond acceptors (Lipinski definition) is 4. The maximum Gasteiger partial charge on any atom is 0.320 e. The van der Waals surface area contributed by atoms with E-state index in [9.17, 15) is 4.79 Å². The molecule has 0 aliphatic carbocycles. The third kappa shape index (κ3) is 3.78. The first-order valence-electron chi connectivity index (χ1n) is 6.01. The second kappa shape index (κ2) is 5.83. The molecule has 2 rings (SSSR count). The lowest BCUT2D eigenvalue weighted by Crippen LogP contribution is -2.31. The number of aromatic nitrogens is 3. The van der Waals surface area contributed by atoms with Gasteiger partial charge >= 0.3 is 6.03 Å². The first-order chi connectivity index (χ1) is 9.04. The van der Waals surface area contributed by atoms with Gasteiger partial charge in [0.25, 0.3) is 0 Å². The Morgan fingerprint density at radius 2 is 2.26 bits per heavy atom. The summed E-state index contributed by atoms with van der Waals surface area (Å²) in [7, 11) is 1.79. The predicted molar refractivity (Wildman–Crippen MR) is 75.5 cm³/mol. The zero-order valence-electron chi connectivity index (χ0n) is 11.2. The van der Waals surface area contributed by atoms with Crippen molar-refractivity contribution in [1.82, 2.24) is 20.1 Å². The summed E-state index contributed by atoms with van der Waals surface area (Å²) in [6, 6.07) is 1.60. The van der Waals surface area contributed by atoms with Crippen LogP contribution in [0.4, 0.5) is 10.6 Å². The van der Waals surface area contributed by atoms with E-state index >= 15 is 0 Å². The van der Waals surface area contributed by atoms with Crippen LogP contribution < -0.4 is 10.6 Å². The van der Waals surface area contributed by atoms with Crippen LogP contribution in [0.25, 0.3) is 0 Å². The van der Waals surface area contributed by atoms with Gasteiger partial charge in [0.15, 0.2) is 0 Å². The van der Waals surface area contributed by atoms with Crippen LogP contribution in [0.5, 0.6) is 0 Å². The van der Waals surface area contributed by atoms with Crippen molar-refractivity contribution >= 4 is 23.2 Å². The van der Waals surface area contributed by atoms with Crippen molar-refractivity contribution in [3.8, 4) is 0 Å². The highest BCUT2D eigenvalue weighted by Gasteiger charge is 2.06. The molecular formula is C12H17N5OS. The summed E-state index contributed by atoms with van der Waals surface area (Å²) in [5, 5.41) is 12.8.